The molecule has 1 aromatic rings. The Morgan fingerprint density at radius 1 is 1.41 bits per heavy atom. The fourth-order valence-corrected chi connectivity index (χ4v) is 4.62. The number of halogens is 1. The molecule has 5 nitrogen and oxygen atoms in total. The zero-order chi connectivity index (χ0) is 20.0. The number of hydrogen-bond acceptors (Lipinski definition) is 6. The number of aliphatic imine (C=N–C) groups is 2. The lowest BCUT2D eigenvalue weighted by Crippen LogP contribution is -2.37. The van der Waals surface area contributed by atoms with Gasteiger partial charge in [0.15, 0.2) is 11.5 Å². The number of nitrogens with two attached hydrogens (primary N) is 2. The molecule has 7 heteroatoms. The van der Waals surface area contributed by atoms with Gasteiger partial charge in [-0.2, -0.15) is 0 Å². The summed E-state index contributed by atoms with van der Waals surface area (Å²) in [6.07, 6.45) is 5.49. The van der Waals surface area contributed by atoms with Gasteiger partial charge >= 0.3 is 0 Å². The van der Waals surface area contributed by atoms with Gasteiger partial charge in [-0.05, 0) is 56.9 Å². The van der Waals surface area contributed by atoms with Crippen molar-refractivity contribution in [3.63, 3.8) is 0 Å². The summed E-state index contributed by atoms with van der Waals surface area (Å²) in [6, 6.07) is 4.74. The standard InChI is InChI=1S/C13H16FN3S.C7H11NO/c14-11-4-3-9(15)6-10(11)13-5-1-2-8(13)7-18-12(16)17-13;1-6(2)4-7(5-9)8-3/h3-4,6,8H,1-2,5,7,15H2,(H2,16,17);4-5H,1-3H3/t8-,13-;/m0./s1. The largest absolute Gasteiger partial charge is 0.399 e. The molecule has 1 saturated carbocycles. The van der Waals surface area contributed by atoms with Crippen molar-refractivity contribution in [2.24, 2.45) is 21.6 Å². The molecule has 1 aromatic carbocycles. The average molecular weight is 391 g/mol. The number of carbonyl (C=O) groups excluding carboxylic acids is 1. The third-order valence-corrected chi connectivity index (χ3v) is 5.76. The molecule has 0 bridgehead atoms. The van der Waals surface area contributed by atoms with E-state index in [2.05, 4.69) is 9.98 Å². The minimum Gasteiger partial charge on any atom is -0.399 e. The lowest BCUT2D eigenvalue weighted by atomic mass is 9.81. The highest BCUT2D eigenvalue weighted by Gasteiger charge is 2.47. The Hall–Kier alpha value is -2.15. The summed E-state index contributed by atoms with van der Waals surface area (Å²) in [5.41, 5.74) is 14.0. The van der Waals surface area contributed by atoms with Crippen molar-refractivity contribution >= 4 is 34.6 Å². The first kappa shape index (κ1) is 21.2. The quantitative estimate of drug-likeness (QED) is 0.468. The number of anilines is 1. The normalized spacial score (nSPS) is 24.2. The van der Waals surface area contributed by atoms with Crippen LogP contribution in [0.5, 0.6) is 0 Å². The van der Waals surface area contributed by atoms with Crippen LogP contribution in [0.1, 0.15) is 38.7 Å². The van der Waals surface area contributed by atoms with E-state index >= 15 is 0 Å². The number of hydrogen-bond donors (Lipinski definition) is 2. The third kappa shape index (κ3) is 4.97. The maximum atomic E-state index is 14.1. The van der Waals surface area contributed by atoms with Gasteiger partial charge in [-0.15, -0.1) is 0 Å². The molecule has 1 heterocycles. The summed E-state index contributed by atoms with van der Waals surface area (Å²) < 4.78 is 14.1. The number of nitrogens with zero attached hydrogens (tertiary/aromatic N) is 2. The van der Waals surface area contributed by atoms with Crippen LogP contribution in [0.3, 0.4) is 0 Å². The van der Waals surface area contributed by atoms with Crippen LogP contribution in [0.15, 0.2) is 39.8 Å². The highest BCUT2D eigenvalue weighted by atomic mass is 32.2. The lowest BCUT2D eigenvalue weighted by molar-refractivity contribution is -0.102. The molecule has 1 fully saturated rings. The van der Waals surface area contributed by atoms with E-state index < -0.39 is 5.54 Å². The fourth-order valence-electron chi connectivity index (χ4n) is 3.58. The van der Waals surface area contributed by atoms with E-state index in [0.717, 1.165) is 36.9 Å². The Kier molecular flexibility index (Phi) is 7.18. The van der Waals surface area contributed by atoms with Crippen LogP contribution >= 0.6 is 11.8 Å². The zero-order valence-electron chi connectivity index (χ0n) is 16.0. The minimum atomic E-state index is -0.477. The summed E-state index contributed by atoms with van der Waals surface area (Å²) in [5, 5.41) is 0.565. The number of carbonyl (C=O) groups is 1. The summed E-state index contributed by atoms with van der Waals surface area (Å²) in [6.45, 7) is 3.85. The second kappa shape index (κ2) is 9.17. The number of fused-ring (bicyclic) bond motifs is 1. The Morgan fingerprint density at radius 3 is 2.74 bits per heavy atom. The SMILES string of the molecule is CN=C(C=O)C=C(C)C.NC1=N[C@@]2(c3cc(N)ccc3F)CCC[C@H]2CS1. The zero-order valence-corrected chi connectivity index (χ0v) is 16.9. The Morgan fingerprint density at radius 2 is 2.15 bits per heavy atom. The van der Waals surface area contributed by atoms with Crippen LogP contribution in [0.2, 0.25) is 0 Å². The molecule has 1 aliphatic heterocycles. The van der Waals surface area contributed by atoms with Crippen LogP contribution in [0.25, 0.3) is 0 Å². The van der Waals surface area contributed by atoms with Gasteiger partial charge in [0.25, 0.3) is 0 Å². The van der Waals surface area contributed by atoms with E-state index in [1.54, 1.807) is 37.0 Å². The van der Waals surface area contributed by atoms with Gasteiger partial charge in [0.1, 0.15) is 5.82 Å². The number of rotatable bonds is 3. The summed E-state index contributed by atoms with van der Waals surface area (Å²) in [4.78, 5) is 18.4. The van der Waals surface area contributed by atoms with Gasteiger partial charge < -0.3 is 11.5 Å². The van der Waals surface area contributed by atoms with E-state index in [1.807, 2.05) is 13.8 Å². The summed E-state index contributed by atoms with van der Waals surface area (Å²) in [7, 11) is 1.60. The van der Waals surface area contributed by atoms with Crippen molar-refractivity contribution in [1.82, 2.24) is 0 Å². The third-order valence-electron chi connectivity index (χ3n) is 4.80. The molecule has 146 valence electrons. The van der Waals surface area contributed by atoms with Crippen LogP contribution in [-0.2, 0) is 10.3 Å². The van der Waals surface area contributed by atoms with Crippen molar-refractivity contribution in [1.29, 1.82) is 0 Å². The predicted molar refractivity (Wildman–Crippen MR) is 113 cm³/mol. The molecular formula is C20H27FN4OS. The molecule has 27 heavy (non-hydrogen) atoms. The van der Waals surface area contributed by atoms with Gasteiger partial charge in [-0.1, -0.05) is 23.8 Å². The van der Waals surface area contributed by atoms with E-state index in [4.69, 9.17) is 11.5 Å². The molecular weight excluding hydrogens is 363 g/mol. The van der Waals surface area contributed by atoms with Crippen LogP contribution < -0.4 is 11.5 Å². The monoisotopic (exact) mass is 390 g/mol. The molecule has 0 aromatic heterocycles. The fraction of sp³-hybridized carbons (Fsp3) is 0.450. The van der Waals surface area contributed by atoms with Crippen LogP contribution in [-0.4, -0.2) is 30.0 Å². The summed E-state index contributed by atoms with van der Waals surface area (Å²) in [5.74, 6) is 1.06. The molecule has 0 radical (unpaired) electrons. The van der Waals surface area contributed by atoms with Crippen LogP contribution in [0, 0.1) is 11.7 Å². The smallest absolute Gasteiger partial charge is 0.167 e. The number of aldehydes is 1. The van der Waals surface area contributed by atoms with Gasteiger partial charge in [0.05, 0.1) is 11.3 Å². The first-order valence-electron chi connectivity index (χ1n) is 8.93. The van der Waals surface area contributed by atoms with E-state index in [-0.39, 0.29) is 5.82 Å². The molecule has 0 unspecified atom stereocenters. The molecule has 3 rings (SSSR count). The van der Waals surface area contributed by atoms with Gasteiger partial charge in [0.2, 0.25) is 0 Å². The van der Waals surface area contributed by atoms with Crippen molar-refractivity contribution in [2.75, 3.05) is 18.5 Å². The number of benzene rings is 1. The molecule has 2 aliphatic rings. The maximum absolute atomic E-state index is 14.1. The average Bonchev–Trinajstić information content (AvgIpc) is 3.06. The number of nitrogen functional groups attached to an aromatic ring is 1. The molecule has 0 amide bonds. The van der Waals surface area contributed by atoms with E-state index in [0.29, 0.717) is 28.0 Å². The van der Waals surface area contributed by atoms with Crippen molar-refractivity contribution in [3.05, 3.63) is 41.2 Å². The highest BCUT2D eigenvalue weighted by molar-refractivity contribution is 8.13. The Bertz CT molecular complexity index is 786. The number of allylic oxidation sites excluding steroid dienone is 2. The maximum Gasteiger partial charge on any atom is 0.167 e. The molecule has 4 N–H and O–H groups in total. The second-order valence-electron chi connectivity index (χ2n) is 7.00. The number of amidine groups is 1. The first-order valence-corrected chi connectivity index (χ1v) is 9.91. The minimum absolute atomic E-state index is 0.223. The van der Waals surface area contributed by atoms with E-state index in [1.165, 1.54) is 6.07 Å². The molecule has 0 saturated heterocycles. The molecule has 1 aliphatic carbocycles. The van der Waals surface area contributed by atoms with Crippen LogP contribution in [0.4, 0.5) is 10.1 Å². The Balaban J connectivity index is 0.000000249. The van der Waals surface area contributed by atoms with Gasteiger partial charge in [-0.3, -0.25) is 14.8 Å². The van der Waals surface area contributed by atoms with E-state index in [9.17, 15) is 9.18 Å². The highest BCUT2D eigenvalue weighted by Crippen LogP contribution is 2.51. The van der Waals surface area contributed by atoms with Gasteiger partial charge in [-0.25, -0.2) is 4.39 Å². The summed E-state index contributed by atoms with van der Waals surface area (Å²) >= 11 is 1.57. The number of thioether (sulfide) groups is 1. The van der Waals surface area contributed by atoms with Crippen molar-refractivity contribution in [2.45, 2.75) is 38.6 Å². The first-order chi connectivity index (χ1) is 12.8. The van der Waals surface area contributed by atoms with Crippen molar-refractivity contribution < 1.29 is 9.18 Å². The lowest BCUT2D eigenvalue weighted by Gasteiger charge is -2.36. The second-order valence-corrected chi connectivity index (χ2v) is 8.04. The predicted octanol–water partition coefficient (Wildman–Crippen LogP) is 3.69. The Labute approximate surface area is 164 Å². The molecule has 0 spiro atoms. The molecule has 2 atom stereocenters. The topological polar surface area (TPSA) is 93.8 Å². The van der Waals surface area contributed by atoms with Gasteiger partial charge in [0, 0.05) is 24.1 Å². The van der Waals surface area contributed by atoms with Crippen molar-refractivity contribution in [3.8, 4) is 0 Å².